The highest BCUT2D eigenvalue weighted by atomic mass is 35.5. The first-order chi connectivity index (χ1) is 13.6. The van der Waals surface area contributed by atoms with Gasteiger partial charge in [-0.05, 0) is 41.0 Å². The molecule has 8 heteroatoms. The largest absolute Gasteiger partial charge is 0.496 e. The maximum Gasteiger partial charge on any atom is 0.252 e. The Kier molecular flexibility index (Phi) is 4.72. The van der Waals surface area contributed by atoms with E-state index in [1.54, 1.807) is 18.1 Å². The molecule has 0 aliphatic carbocycles. The first-order valence-corrected chi connectivity index (χ1v) is 8.98. The molecule has 0 saturated heterocycles. The minimum Gasteiger partial charge on any atom is -0.496 e. The van der Waals surface area contributed by atoms with Gasteiger partial charge in [0.25, 0.3) is 5.82 Å². The van der Waals surface area contributed by atoms with Crippen LogP contribution in [-0.2, 0) is 24.4 Å². The van der Waals surface area contributed by atoms with Crippen molar-refractivity contribution in [2.24, 2.45) is 0 Å². The molecule has 3 aromatic rings. The van der Waals surface area contributed by atoms with Crippen LogP contribution in [0.25, 0.3) is 11.1 Å². The summed E-state index contributed by atoms with van der Waals surface area (Å²) in [6, 6.07) is 13.5. The summed E-state index contributed by atoms with van der Waals surface area (Å²) in [4.78, 5) is 18.2. The fourth-order valence-electron chi connectivity index (χ4n) is 3.30. The summed E-state index contributed by atoms with van der Waals surface area (Å²) in [6.07, 6.45) is 1.39. The summed E-state index contributed by atoms with van der Waals surface area (Å²) < 4.78 is 6.83. The van der Waals surface area contributed by atoms with Crippen molar-refractivity contribution >= 4 is 17.5 Å². The zero-order valence-corrected chi connectivity index (χ0v) is 15.8. The van der Waals surface area contributed by atoms with Gasteiger partial charge in [-0.1, -0.05) is 23.7 Å². The van der Waals surface area contributed by atoms with Gasteiger partial charge in [0.05, 0.1) is 7.11 Å². The molecule has 4 rings (SSSR count). The highest BCUT2D eigenvalue weighted by molar-refractivity contribution is 6.31. The lowest BCUT2D eigenvalue weighted by atomic mass is 10.00. The van der Waals surface area contributed by atoms with Gasteiger partial charge >= 0.3 is 0 Å². The molecule has 7 nitrogen and oxygen atoms in total. The van der Waals surface area contributed by atoms with Gasteiger partial charge in [0.2, 0.25) is 5.91 Å². The maximum absolute atomic E-state index is 12.6. The maximum atomic E-state index is 12.6. The van der Waals surface area contributed by atoms with Crippen molar-refractivity contribution in [2.75, 3.05) is 7.11 Å². The van der Waals surface area contributed by atoms with Gasteiger partial charge in [-0.2, -0.15) is 5.26 Å². The Bertz CT molecular complexity index is 1100. The molecular weight excluding hydrogens is 378 g/mol. The number of hydrogen-bond donors (Lipinski definition) is 0. The molecule has 0 spiro atoms. The molecule has 0 radical (unpaired) electrons. The van der Waals surface area contributed by atoms with E-state index in [0.717, 1.165) is 28.0 Å². The second-order valence-electron chi connectivity index (χ2n) is 6.46. The average Bonchev–Trinajstić information content (AvgIpc) is 3.33. The molecule has 0 unspecified atom stereocenters. The van der Waals surface area contributed by atoms with Crippen molar-refractivity contribution in [1.82, 2.24) is 19.7 Å². The zero-order valence-electron chi connectivity index (χ0n) is 15.1. The molecule has 1 aliphatic rings. The van der Waals surface area contributed by atoms with E-state index in [4.69, 9.17) is 21.6 Å². The number of fused-ring (bicyclic) bond motifs is 1. The SMILES string of the molecule is COc1ccc(Cl)cc1-c1ccc2c(c1)CN(C(=O)Cn1cnc(C#N)n1)C2. The predicted octanol–water partition coefficient (Wildman–Crippen LogP) is 3.02. The molecule has 2 aromatic carbocycles. The number of benzene rings is 2. The van der Waals surface area contributed by atoms with Crippen LogP contribution in [0.3, 0.4) is 0 Å². The van der Waals surface area contributed by atoms with Gasteiger partial charge in [-0.15, -0.1) is 5.10 Å². The van der Waals surface area contributed by atoms with Crippen LogP contribution in [0.15, 0.2) is 42.7 Å². The monoisotopic (exact) mass is 393 g/mol. The normalized spacial score (nSPS) is 12.5. The minimum absolute atomic E-state index is 0.0532. The Morgan fingerprint density at radius 2 is 2.07 bits per heavy atom. The van der Waals surface area contributed by atoms with Crippen LogP contribution in [0.1, 0.15) is 17.0 Å². The Labute approximate surface area is 166 Å². The number of rotatable bonds is 4. The predicted molar refractivity (Wildman–Crippen MR) is 102 cm³/mol. The third kappa shape index (κ3) is 3.42. The Morgan fingerprint density at radius 3 is 2.82 bits per heavy atom. The van der Waals surface area contributed by atoms with Crippen molar-refractivity contribution in [3.63, 3.8) is 0 Å². The summed E-state index contributed by atoms with van der Waals surface area (Å²) in [5.74, 6) is 0.722. The number of ether oxygens (including phenoxy) is 1. The Hall–Kier alpha value is -3.37. The molecule has 0 N–H and O–H groups in total. The number of nitriles is 1. The molecule has 1 aliphatic heterocycles. The molecule has 28 heavy (non-hydrogen) atoms. The van der Waals surface area contributed by atoms with Crippen LogP contribution in [0.2, 0.25) is 5.02 Å². The lowest BCUT2D eigenvalue weighted by Crippen LogP contribution is -2.29. The molecule has 1 amide bonds. The summed E-state index contributed by atoms with van der Waals surface area (Å²) >= 11 is 6.15. The lowest BCUT2D eigenvalue weighted by Gasteiger charge is -2.14. The second-order valence-corrected chi connectivity index (χ2v) is 6.89. The number of nitrogens with zero attached hydrogens (tertiary/aromatic N) is 5. The molecule has 140 valence electrons. The van der Waals surface area contributed by atoms with E-state index in [9.17, 15) is 4.79 Å². The third-order valence-electron chi connectivity index (χ3n) is 4.69. The van der Waals surface area contributed by atoms with Gasteiger partial charge in [0, 0.05) is 23.7 Å². The highest BCUT2D eigenvalue weighted by Gasteiger charge is 2.24. The smallest absolute Gasteiger partial charge is 0.252 e. The average molecular weight is 394 g/mol. The van der Waals surface area contributed by atoms with E-state index in [-0.39, 0.29) is 18.3 Å². The van der Waals surface area contributed by atoms with Crippen molar-refractivity contribution < 1.29 is 9.53 Å². The van der Waals surface area contributed by atoms with Crippen LogP contribution in [0.4, 0.5) is 0 Å². The first-order valence-electron chi connectivity index (χ1n) is 8.60. The summed E-state index contributed by atoms with van der Waals surface area (Å²) in [5.41, 5.74) is 4.09. The van der Waals surface area contributed by atoms with Gasteiger partial charge in [-0.25, -0.2) is 9.67 Å². The van der Waals surface area contributed by atoms with E-state index >= 15 is 0 Å². The van der Waals surface area contributed by atoms with Crippen LogP contribution >= 0.6 is 11.6 Å². The zero-order chi connectivity index (χ0) is 19.7. The van der Waals surface area contributed by atoms with Crippen molar-refractivity contribution in [2.45, 2.75) is 19.6 Å². The number of aromatic nitrogens is 3. The number of carbonyl (C=O) groups excluding carboxylic acids is 1. The van der Waals surface area contributed by atoms with E-state index in [2.05, 4.69) is 16.1 Å². The van der Waals surface area contributed by atoms with E-state index in [1.165, 1.54) is 11.0 Å². The molecule has 2 heterocycles. The number of hydrogen-bond acceptors (Lipinski definition) is 5. The standard InChI is InChI=1S/C20H16ClN5O2/c1-28-18-5-4-16(21)7-17(18)13-2-3-14-9-25(10-15(14)6-13)20(27)11-26-12-23-19(8-22)24-26/h2-7,12H,9-11H2,1H3. The van der Waals surface area contributed by atoms with Crippen LogP contribution < -0.4 is 4.74 Å². The van der Waals surface area contributed by atoms with Crippen LogP contribution in [-0.4, -0.2) is 32.7 Å². The molecule has 0 saturated carbocycles. The summed E-state index contributed by atoms with van der Waals surface area (Å²) in [7, 11) is 1.63. The fraction of sp³-hybridized carbons (Fsp3) is 0.200. The Balaban J connectivity index is 1.54. The van der Waals surface area contributed by atoms with Crippen molar-refractivity contribution in [1.29, 1.82) is 5.26 Å². The molecule has 0 bridgehead atoms. The molecule has 0 atom stereocenters. The van der Waals surface area contributed by atoms with Crippen LogP contribution in [0, 0.1) is 11.3 Å². The topological polar surface area (TPSA) is 84.0 Å². The number of amides is 1. The third-order valence-corrected chi connectivity index (χ3v) is 4.92. The quantitative estimate of drug-likeness (QED) is 0.680. The van der Waals surface area contributed by atoms with Crippen LogP contribution in [0.5, 0.6) is 5.75 Å². The first kappa shape index (κ1) is 18.0. The second kappa shape index (κ2) is 7.33. The van der Waals surface area contributed by atoms with Gasteiger partial charge in [0.1, 0.15) is 24.7 Å². The highest BCUT2D eigenvalue weighted by Crippen LogP contribution is 2.35. The van der Waals surface area contributed by atoms with Crippen molar-refractivity contribution in [3.05, 3.63) is 64.7 Å². The molecule has 1 aromatic heterocycles. The van der Waals surface area contributed by atoms with E-state index in [0.29, 0.717) is 18.1 Å². The molecule has 0 fully saturated rings. The lowest BCUT2D eigenvalue weighted by molar-refractivity contribution is -0.132. The molecular formula is C20H16ClN5O2. The number of halogens is 1. The van der Waals surface area contributed by atoms with Gasteiger partial charge < -0.3 is 9.64 Å². The van der Waals surface area contributed by atoms with Crippen molar-refractivity contribution in [3.8, 4) is 22.9 Å². The van der Waals surface area contributed by atoms with Gasteiger partial charge in [0.15, 0.2) is 0 Å². The summed E-state index contributed by atoms with van der Waals surface area (Å²) in [6.45, 7) is 1.11. The number of methoxy groups -OCH3 is 1. The van der Waals surface area contributed by atoms with E-state index in [1.807, 2.05) is 30.3 Å². The van der Waals surface area contributed by atoms with Gasteiger partial charge in [-0.3, -0.25) is 4.79 Å². The summed E-state index contributed by atoms with van der Waals surface area (Å²) in [5, 5.41) is 13.4. The fourth-order valence-corrected chi connectivity index (χ4v) is 3.48. The Morgan fingerprint density at radius 1 is 1.25 bits per heavy atom. The minimum atomic E-state index is -0.0764. The number of carbonyl (C=O) groups is 1. The van der Waals surface area contributed by atoms with E-state index < -0.39 is 0 Å².